The number of amides is 2. The molecule has 1 aliphatic heterocycles. The number of carbonyl (C=O) groups excluding carboxylic acids is 2. The quantitative estimate of drug-likeness (QED) is 0.706. The average molecular weight is 375 g/mol. The van der Waals surface area contributed by atoms with Crippen LogP contribution in [0.15, 0.2) is 60.9 Å². The number of aromatic nitrogens is 1. The fourth-order valence-corrected chi connectivity index (χ4v) is 3.53. The van der Waals surface area contributed by atoms with Gasteiger partial charge in [0.15, 0.2) is 0 Å². The number of hydrogen-bond donors (Lipinski definition) is 0. The maximum Gasteiger partial charge on any atom is 0.254 e. The third-order valence-electron chi connectivity index (χ3n) is 5.08. The van der Waals surface area contributed by atoms with Gasteiger partial charge in [-0.25, -0.2) is 0 Å². The van der Waals surface area contributed by atoms with E-state index in [2.05, 4.69) is 4.98 Å². The first-order valence-corrected chi connectivity index (χ1v) is 9.23. The number of methoxy groups -OCH3 is 1. The molecule has 1 aromatic heterocycles. The van der Waals surface area contributed by atoms with E-state index >= 15 is 0 Å². The lowest BCUT2D eigenvalue weighted by atomic mass is 10.1. The lowest BCUT2D eigenvalue weighted by Crippen LogP contribution is -2.50. The topological polar surface area (TPSA) is 62.7 Å². The molecule has 6 heteroatoms. The van der Waals surface area contributed by atoms with Gasteiger partial charge in [0.1, 0.15) is 5.75 Å². The minimum absolute atomic E-state index is 0.00900. The molecule has 0 radical (unpaired) electrons. The van der Waals surface area contributed by atoms with E-state index in [1.54, 1.807) is 42.6 Å². The van der Waals surface area contributed by atoms with Crippen LogP contribution in [0.2, 0.25) is 0 Å². The Morgan fingerprint density at radius 2 is 1.64 bits per heavy atom. The second-order valence-electron chi connectivity index (χ2n) is 6.72. The van der Waals surface area contributed by atoms with Crippen LogP contribution in [-0.4, -0.2) is 59.9 Å². The lowest BCUT2D eigenvalue weighted by molar-refractivity contribution is 0.0536. The molecule has 28 heavy (non-hydrogen) atoms. The molecule has 0 aliphatic carbocycles. The van der Waals surface area contributed by atoms with Crippen molar-refractivity contribution >= 4 is 22.6 Å². The number of pyridine rings is 1. The van der Waals surface area contributed by atoms with Crippen molar-refractivity contribution in [1.82, 2.24) is 14.8 Å². The van der Waals surface area contributed by atoms with Crippen molar-refractivity contribution in [2.75, 3.05) is 33.3 Å². The lowest BCUT2D eigenvalue weighted by Gasteiger charge is -2.35. The number of carbonyl (C=O) groups is 2. The highest BCUT2D eigenvalue weighted by atomic mass is 16.5. The maximum atomic E-state index is 13.0. The number of nitrogens with zero attached hydrogens (tertiary/aromatic N) is 3. The minimum Gasteiger partial charge on any atom is -0.497 e. The Bertz CT molecular complexity index is 1020. The molecule has 0 N–H and O–H groups in total. The fraction of sp³-hybridized carbons (Fsp3) is 0.227. The molecular formula is C22H21N3O3. The van der Waals surface area contributed by atoms with Gasteiger partial charge in [0.05, 0.1) is 7.11 Å². The highest BCUT2D eigenvalue weighted by Gasteiger charge is 2.26. The highest BCUT2D eigenvalue weighted by Crippen LogP contribution is 2.21. The van der Waals surface area contributed by atoms with Crippen LogP contribution in [0.4, 0.5) is 0 Å². The number of ether oxygens (including phenoxy) is 1. The first-order chi connectivity index (χ1) is 13.7. The summed E-state index contributed by atoms with van der Waals surface area (Å²) in [6.07, 6.45) is 3.46. The Kier molecular flexibility index (Phi) is 4.93. The largest absolute Gasteiger partial charge is 0.497 e. The van der Waals surface area contributed by atoms with Crippen LogP contribution in [0, 0.1) is 0 Å². The molecule has 4 rings (SSSR count). The van der Waals surface area contributed by atoms with Crippen molar-refractivity contribution in [1.29, 1.82) is 0 Å². The summed E-state index contributed by atoms with van der Waals surface area (Å²) in [5, 5.41) is 1.84. The molecular weight excluding hydrogens is 354 g/mol. The molecule has 142 valence electrons. The second kappa shape index (κ2) is 7.68. The predicted octanol–water partition coefficient (Wildman–Crippen LogP) is 2.84. The number of hydrogen-bond acceptors (Lipinski definition) is 4. The van der Waals surface area contributed by atoms with Crippen LogP contribution in [-0.2, 0) is 0 Å². The Morgan fingerprint density at radius 1 is 0.929 bits per heavy atom. The normalized spacial score (nSPS) is 14.2. The smallest absolute Gasteiger partial charge is 0.254 e. The maximum absolute atomic E-state index is 13.0. The summed E-state index contributed by atoms with van der Waals surface area (Å²) < 4.78 is 5.20. The van der Waals surface area contributed by atoms with E-state index < -0.39 is 0 Å². The summed E-state index contributed by atoms with van der Waals surface area (Å²) in [6, 6.07) is 14.7. The van der Waals surface area contributed by atoms with Crippen LogP contribution in [0.1, 0.15) is 20.7 Å². The van der Waals surface area contributed by atoms with E-state index in [1.165, 1.54) is 0 Å². The van der Waals surface area contributed by atoms with Crippen LogP contribution in [0.5, 0.6) is 5.75 Å². The molecule has 1 fully saturated rings. The van der Waals surface area contributed by atoms with Gasteiger partial charge in [-0.1, -0.05) is 18.2 Å². The Morgan fingerprint density at radius 3 is 2.39 bits per heavy atom. The molecule has 2 amide bonds. The predicted molar refractivity (Wildman–Crippen MR) is 107 cm³/mol. The number of rotatable bonds is 3. The third-order valence-corrected chi connectivity index (χ3v) is 5.08. The zero-order chi connectivity index (χ0) is 19.5. The number of piperazine rings is 1. The summed E-state index contributed by atoms with van der Waals surface area (Å²) >= 11 is 0. The Balaban J connectivity index is 1.46. The van der Waals surface area contributed by atoms with Crippen LogP contribution >= 0.6 is 0 Å². The summed E-state index contributed by atoms with van der Waals surface area (Å²) in [5.41, 5.74) is 1.27. The van der Waals surface area contributed by atoms with E-state index in [0.29, 0.717) is 43.1 Å². The van der Waals surface area contributed by atoms with Gasteiger partial charge < -0.3 is 14.5 Å². The molecule has 3 aromatic rings. The van der Waals surface area contributed by atoms with Gasteiger partial charge in [-0.2, -0.15) is 0 Å². The molecule has 2 aromatic carbocycles. The molecule has 1 aliphatic rings. The van der Waals surface area contributed by atoms with Crippen molar-refractivity contribution in [3.63, 3.8) is 0 Å². The van der Waals surface area contributed by atoms with E-state index in [0.717, 1.165) is 10.8 Å². The molecule has 6 nitrogen and oxygen atoms in total. The van der Waals surface area contributed by atoms with E-state index in [1.807, 2.05) is 35.2 Å². The molecule has 0 spiro atoms. The standard InChI is InChI=1S/C22H21N3O3/c1-28-18-6-2-4-16(14-18)21(26)24-10-12-25(13-11-24)22(27)20-7-3-5-17-15-23-9-8-19(17)20/h2-9,14-15H,10-13H2,1H3. The number of benzene rings is 2. The van der Waals surface area contributed by atoms with Crippen molar-refractivity contribution in [2.45, 2.75) is 0 Å². The van der Waals surface area contributed by atoms with Crippen LogP contribution < -0.4 is 4.74 Å². The van der Waals surface area contributed by atoms with Gasteiger partial charge in [0.25, 0.3) is 11.8 Å². The monoisotopic (exact) mass is 375 g/mol. The molecule has 0 atom stereocenters. The van der Waals surface area contributed by atoms with Crippen molar-refractivity contribution in [3.05, 3.63) is 72.1 Å². The Hall–Kier alpha value is -3.41. The van der Waals surface area contributed by atoms with Crippen LogP contribution in [0.3, 0.4) is 0 Å². The second-order valence-corrected chi connectivity index (χ2v) is 6.72. The first kappa shape index (κ1) is 18.0. The van der Waals surface area contributed by atoms with Gasteiger partial charge in [-0.15, -0.1) is 0 Å². The molecule has 0 bridgehead atoms. The summed E-state index contributed by atoms with van der Waals surface area (Å²) in [6.45, 7) is 2.04. The van der Waals surface area contributed by atoms with Crippen molar-refractivity contribution in [3.8, 4) is 5.75 Å². The molecule has 2 heterocycles. The summed E-state index contributed by atoms with van der Waals surface area (Å²) in [4.78, 5) is 33.5. The molecule has 0 unspecified atom stereocenters. The van der Waals surface area contributed by atoms with E-state index in [4.69, 9.17) is 4.74 Å². The summed E-state index contributed by atoms with van der Waals surface area (Å²) in [5.74, 6) is 0.609. The minimum atomic E-state index is -0.0396. The third kappa shape index (κ3) is 3.41. The van der Waals surface area contributed by atoms with Gasteiger partial charge in [-0.3, -0.25) is 14.6 Å². The van der Waals surface area contributed by atoms with Gasteiger partial charge in [-0.05, 0) is 35.7 Å². The fourth-order valence-electron chi connectivity index (χ4n) is 3.53. The van der Waals surface area contributed by atoms with E-state index in [9.17, 15) is 9.59 Å². The number of fused-ring (bicyclic) bond motifs is 1. The Labute approximate surface area is 163 Å². The van der Waals surface area contributed by atoms with Crippen molar-refractivity contribution in [2.24, 2.45) is 0 Å². The zero-order valence-electron chi connectivity index (χ0n) is 15.7. The average Bonchev–Trinajstić information content (AvgIpc) is 2.78. The van der Waals surface area contributed by atoms with Crippen molar-refractivity contribution < 1.29 is 14.3 Å². The SMILES string of the molecule is COc1cccc(C(=O)N2CCN(C(=O)c3cccc4cnccc34)CC2)c1. The van der Waals surface area contributed by atoms with E-state index in [-0.39, 0.29) is 11.8 Å². The first-order valence-electron chi connectivity index (χ1n) is 9.23. The molecule has 1 saturated heterocycles. The summed E-state index contributed by atoms with van der Waals surface area (Å²) in [7, 11) is 1.58. The van der Waals surface area contributed by atoms with Gasteiger partial charge in [0, 0.05) is 55.1 Å². The van der Waals surface area contributed by atoms with Gasteiger partial charge >= 0.3 is 0 Å². The zero-order valence-corrected chi connectivity index (χ0v) is 15.7. The van der Waals surface area contributed by atoms with Crippen LogP contribution in [0.25, 0.3) is 10.8 Å². The highest BCUT2D eigenvalue weighted by molar-refractivity contribution is 6.07. The molecule has 0 saturated carbocycles. The van der Waals surface area contributed by atoms with Gasteiger partial charge in [0.2, 0.25) is 0 Å².